The molecule has 0 radical (unpaired) electrons. The molecular formula is C23H21N5O5S2. The molecule has 0 saturated carbocycles. The van der Waals surface area contributed by atoms with Gasteiger partial charge in [0.15, 0.2) is 0 Å². The minimum atomic E-state index is -4.04. The van der Waals surface area contributed by atoms with Gasteiger partial charge in [0.1, 0.15) is 16.1 Å². The van der Waals surface area contributed by atoms with E-state index in [4.69, 9.17) is 4.74 Å². The van der Waals surface area contributed by atoms with Gasteiger partial charge < -0.3 is 9.64 Å². The zero-order valence-electron chi connectivity index (χ0n) is 18.9. The standard InChI is InChI=1S/C23H21N5O5S2/c1-3-33-23(30)17-10-15(11-24)21(26-14(17)2)28-12-16(13-28)22(29)27-35(31,32)20-8-7-19(34-20)18-6-4-5-9-25-18/h4-10,16H,3,12-13H2,1-2H3,(H,27,29). The molecule has 4 heterocycles. The van der Waals surface area contributed by atoms with Gasteiger partial charge in [0.25, 0.3) is 10.0 Å². The summed E-state index contributed by atoms with van der Waals surface area (Å²) in [5.74, 6) is -1.46. The third-order valence-corrected chi connectivity index (χ3v) is 8.31. The lowest BCUT2D eigenvalue weighted by molar-refractivity contribution is -0.123. The summed E-state index contributed by atoms with van der Waals surface area (Å²) in [6, 6.07) is 11.9. The van der Waals surface area contributed by atoms with Crippen LogP contribution in [0.3, 0.4) is 0 Å². The van der Waals surface area contributed by atoms with Crippen molar-refractivity contribution in [1.29, 1.82) is 5.26 Å². The van der Waals surface area contributed by atoms with Crippen LogP contribution in [0.2, 0.25) is 0 Å². The number of nitrogens with zero attached hydrogens (tertiary/aromatic N) is 4. The number of anilines is 1. The summed E-state index contributed by atoms with van der Waals surface area (Å²) in [4.78, 5) is 35.6. The number of esters is 1. The molecule has 1 amide bonds. The van der Waals surface area contributed by atoms with Gasteiger partial charge in [-0.1, -0.05) is 6.07 Å². The number of sulfonamides is 1. The molecule has 180 valence electrons. The monoisotopic (exact) mass is 511 g/mol. The van der Waals surface area contributed by atoms with E-state index in [0.29, 0.717) is 22.1 Å². The first-order valence-electron chi connectivity index (χ1n) is 10.6. The Hall–Kier alpha value is -3.82. The molecule has 1 fully saturated rings. The number of ether oxygens (including phenoxy) is 1. The second-order valence-corrected chi connectivity index (χ2v) is 10.7. The Morgan fingerprint density at radius 1 is 1.29 bits per heavy atom. The molecule has 1 saturated heterocycles. The van der Waals surface area contributed by atoms with E-state index in [1.54, 1.807) is 49.2 Å². The summed E-state index contributed by atoms with van der Waals surface area (Å²) >= 11 is 1.02. The van der Waals surface area contributed by atoms with Crippen molar-refractivity contribution in [1.82, 2.24) is 14.7 Å². The van der Waals surface area contributed by atoms with E-state index >= 15 is 0 Å². The Balaban J connectivity index is 1.43. The average molecular weight is 512 g/mol. The number of amides is 1. The van der Waals surface area contributed by atoms with Gasteiger partial charge in [0, 0.05) is 19.3 Å². The van der Waals surface area contributed by atoms with E-state index < -0.39 is 27.8 Å². The molecule has 0 spiro atoms. The van der Waals surface area contributed by atoms with Crippen LogP contribution in [0, 0.1) is 24.2 Å². The fourth-order valence-electron chi connectivity index (χ4n) is 3.53. The zero-order valence-corrected chi connectivity index (χ0v) is 20.5. The lowest BCUT2D eigenvalue weighted by atomic mass is 9.98. The fourth-order valence-corrected chi connectivity index (χ4v) is 5.85. The number of thiophene rings is 1. The van der Waals surface area contributed by atoms with Crippen LogP contribution >= 0.6 is 11.3 Å². The van der Waals surface area contributed by atoms with Crippen molar-refractivity contribution < 1.29 is 22.7 Å². The maximum atomic E-state index is 12.7. The molecule has 0 bridgehead atoms. The maximum Gasteiger partial charge on any atom is 0.340 e. The van der Waals surface area contributed by atoms with Crippen LogP contribution in [0.4, 0.5) is 5.82 Å². The Kier molecular flexibility index (Phi) is 6.81. The summed E-state index contributed by atoms with van der Waals surface area (Å²) < 4.78 is 32.6. The maximum absolute atomic E-state index is 12.7. The topological polar surface area (TPSA) is 142 Å². The van der Waals surface area contributed by atoms with Crippen LogP contribution in [0.25, 0.3) is 10.6 Å². The highest BCUT2D eigenvalue weighted by Crippen LogP contribution is 2.31. The number of nitriles is 1. The molecule has 0 atom stereocenters. The normalized spacial score (nSPS) is 13.6. The quantitative estimate of drug-likeness (QED) is 0.473. The summed E-state index contributed by atoms with van der Waals surface area (Å²) in [7, 11) is -4.04. The third-order valence-electron chi connectivity index (χ3n) is 5.36. The minimum Gasteiger partial charge on any atom is -0.462 e. The van der Waals surface area contributed by atoms with Crippen molar-refractivity contribution in [3.8, 4) is 16.6 Å². The molecule has 1 aliphatic heterocycles. The summed E-state index contributed by atoms with van der Waals surface area (Å²) in [5, 5.41) is 9.52. The minimum absolute atomic E-state index is 0.0151. The second kappa shape index (κ2) is 9.81. The first-order valence-corrected chi connectivity index (χ1v) is 12.9. The highest BCUT2D eigenvalue weighted by molar-refractivity contribution is 7.92. The molecule has 0 aromatic carbocycles. The second-order valence-electron chi connectivity index (χ2n) is 7.73. The van der Waals surface area contributed by atoms with Gasteiger partial charge in [0.2, 0.25) is 5.91 Å². The highest BCUT2D eigenvalue weighted by Gasteiger charge is 2.37. The molecule has 35 heavy (non-hydrogen) atoms. The average Bonchev–Trinajstić information content (AvgIpc) is 3.30. The van der Waals surface area contributed by atoms with Crippen molar-refractivity contribution in [2.45, 2.75) is 18.1 Å². The number of aryl methyl sites for hydroxylation is 1. The first-order chi connectivity index (χ1) is 16.7. The number of hydrogen-bond donors (Lipinski definition) is 1. The smallest absolute Gasteiger partial charge is 0.340 e. The molecule has 3 aromatic rings. The van der Waals surface area contributed by atoms with Gasteiger partial charge in [-0.25, -0.2) is 22.9 Å². The Bertz CT molecular complexity index is 1420. The molecular weight excluding hydrogens is 490 g/mol. The third kappa shape index (κ3) is 5.01. The highest BCUT2D eigenvalue weighted by atomic mass is 32.2. The fraction of sp³-hybridized carbons (Fsp3) is 0.261. The van der Waals surface area contributed by atoms with Gasteiger partial charge >= 0.3 is 5.97 Å². The van der Waals surface area contributed by atoms with E-state index in [2.05, 4.69) is 14.7 Å². The van der Waals surface area contributed by atoms with Crippen LogP contribution in [0.5, 0.6) is 0 Å². The summed E-state index contributed by atoms with van der Waals surface area (Å²) in [6.07, 6.45) is 1.62. The lowest BCUT2D eigenvalue weighted by Gasteiger charge is -2.39. The molecule has 1 aliphatic rings. The van der Waals surface area contributed by atoms with Gasteiger partial charge in [-0.3, -0.25) is 9.78 Å². The van der Waals surface area contributed by atoms with E-state index in [9.17, 15) is 23.3 Å². The number of rotatable bonds is 7. The van der Waals surface area contributed by atoms with E-state index in [-0.39, 0.29) is 35.0 Å². The summed E-state index contributed by atoms with van der Waals surface area (Å²) in [5.41, 5.74) is 1.42. The van der Waals surface area contributed by atoms with Gasteiger partial charge in [0.05, 0.1) is 39.9 Å². The van der Waals surface area contributed by atoms with Crippen molar-refractivity contribution in [2.75, 3.05) is 24.6 Å². The predicted octanol–water partition coefficient (Wildman–Crippen LogP) is 2.50. The van der Waals surface area contributed by atoms with Crippen LogP contribution in [0.1, 0.15) is 28.5 Å². The van der Waals surface area contributed by atoms with Gasteiger partial charge in [-0.2, -0.15) is 5.26 Å². The summed E-state index contributed by atoms with van der Waals surface area (Å²) in [6.45, 7) is 3.89. The van der Waals surface area contributed by atoms with E-state index in [0.717, 1.165) is 11.3 Å². The van der Waals surface area contributed by atoms with Crippen LogP contribution in [-0.2, 0) is 19.6 Å². The molecule has 4 rings (SSSR count). The van der Waals surface area contributed by atoms with Crippen LogP contribution < -0.4 is 9.62 Å². The first kappa shape index (κ1) is 24.3. The number of hydrogen-bond acceptors (Lipinski definition) is 10. The number of aromatic nitrogens is 2. The molecule has 10 nitrogen and oxygen atoms in total. The van der Waals surface area contributed by atoms with Crippen molar-refractivity contribution >= 4 is 39.1 Å². The Labute approximate surface area is 206 Å². The predicted molar refractivity (Wildman–Crippen MR) is 128 cm³/mol. The van der Waals surface area contributed by atoms with Gasteiger partial charge in [-0.05, 0) is 44.2 Å². The molecule has 0 aliphatic carbocycles. The number of carbonyl (C=O) groups is 2. The van der Waals surface area contributed by atoms with Crippen LogP contribution in [-0.4, -0.2) is 50.0 Å². The number of nitrogens with one attached hydrogen (secondary N) is 1. The Morgan fingerprint density at radius 3 is 2.71 bits per heavy atom. The van der Waals surface area contributed by atoms with Crippen LogP contribution in [0.15, 0.2) is 46.8 Å². The Morgan fingerprint density at radius 2 is 2.06 bits per heavy atom. The lowest BCUT2D eigenvalue weighted by Crippen LogP contribution is -2.55. The molecule has 1 N–H and O–H groups in total. The van der Waals surface area contributed by atoms with Crippen molar-refractivity contribution in [2.24, 2.45) is 5.92 Å². The van der Waals surface area contributed by atoms with E-state index in [1.807, 2.05) is 6.07 Å². The molecule has 0 unspecified atom stereocenters. The van der Waals surface area contributed by atoms with Crippen molar-refractivity contribution in [3.05, 3.63) is 59.4 Å². The van der Waals surface area contributed by atoms with Gasteiger partial charge in [-0.15, -0.1) is 11.3 Å². The van der Waals surface area contributed by atoms with Crippen molar-refractivity contribution in [3.63, 3.8) is 0 Å². The largest absolute Gasteiger partial charge is 0.462 e. The zero-order chi connectivity index (χ0) is 25.2. The number of pyridine rings is 2. The molecule has 3 aromatic heterocycles. The SMILES string of the molecule is CCOC(=O)c1cc(C#N)c(N2CC(C(=O)NS(=O)(=O)c3ccc(-c4ccccn4)s3)C2)nc1C. The number of carbonyl (C=O) groups excluding carboxylic acids is 2. The molecule has 12 heteroatoms. The van der Waals surface area contributed by atoms with E-state index in [1.165, 1.54) is 12.1 Å².